The Morgan fingerprint density at radius 2 is 1.88 bits per heavy atom. The van der Waals surface area contributed by atoms with Gasteiger partial charge in [0.25, 0.3) is 5.91 Å². The van der Waals surface area contributed by atoms with Gasteiger partial charge in [-0.2, -0.15) is 13.2 Å². The molecule has 2 atom stereocenters. The summed E-state index contributed by atoms with van der Waals surface area (Å²) < 4.78 is 47.1. The predicted octanol–water partition coefficient (Wildman–Crippen LogP) is 1.96. The highest BCUT2D eigenvalue weighted by Gasteiger charge is 2.39. The van der Waals surface area contributed by atoms with Gasteiger partial charge < -0.3 is 15.2 Å². The average Bonchev–Trinajstić information content (AvgIpc) is 3.65. The monoisotopic (exact) mass is 591 g/mol. The number of cyclic esters (lactones) is 1. The van der Waals surface area contributed by atoms with Gasteiger partial charge in [-0.05, 0) is 36.4 Å². The first-order valence-corrected chi connectivity index (χ1v) is 12.5. The molecule has 1 saturated heterocycles. The fourth-order valence-electron chi connectivity index (χ4n) is 4.15. The van der Waals surface area contributed by atoms with Crippen molar-refractivity contribution in [1.82, 2.24) is 34.4 Å². The van der Waals surface area contributed by atoms with Crippen LogP contribution in [0.25, 0.3) is 17.1 Å². The van der Waals surface area contributed by atoms with E-state index in [-0.39, 0.29) is 30.4 Å². The quantitative estimate of drug-likeness (QED) is 0.296. The van der Waals surface area contributed by atoms with E-state index >= 15 is 0 Å². The van der Waals surface area contributed by atoms with Gasteiger partial charge in [-0.15, -0.1) is 10.2 Å². The zero-order valence-electron chi connectivity index (χ0n) is 21.0. The van der Waals surface area contributed by atoms with Gasteiger partial charge in [-0.25, -0.2) is 23.9 Å². The molecule has 0 radical (unpaired) electrons. The van der Waals surface area contributed by atoms with Gasteiger partial charge >= 0.3 is 17.8 Å². The Morgan fingerprint density at radius 1 is 1.15 bits per heavy atom. The Morgan fingerprint density at radius 3 is 2.56 bits per heavy atom. The number of nitrogens with zero attached hydrogens (tertiary/aromatic N) is 6. The number of carbonyl (C=O) groups excluding carboxylic acids is 2. The van der Waals surface area contributed by atoms with E-state index in [0.29, 0.717) is 27.3 Å². The van der Waals surface area contributed by atoms with Crippen molar-refractivity contribution in [2.45, 2.75) is 37.8 Å². The maximum absolute atomic E-state index is 13.1. The van der Waals surface area contributed by atoms with Crippen molar-refractivity contribution in [3.63, 3.8) is 0 Å². The Hall–Kier alpha value is -4.50. The molecule has 1 amide bonds. The summed E-state index contributed by atoms with van der Waals surface area (Å²) in [5.74, 6) is -1.12. The van der Waals surface area contributed by atoms with Gasteiger partial charge in [-0.1, -0.05) is 23.7 Å². The number of esters is 1. The van der Waals surface area contributed by atoms with Crippen LogP contribution in [0.3, 0.4) is 0 Å². The van der Waals surface area contributed by atoms with Gasteiger partial charge in [0.1, 0.15) is 18.9 Å². The van der Waals surface area contributed by atoms with Crippen LogP contribution < -0.4 is 11.0 Å². The lowest BCUT2D eigenvalue weighted by atomic mass is 10.1. The van der Waals surface area contributed by atoms with Crippen molar-refractivity contribution < 1.29 is 32.6 Å². The van der Waals surface area contributed by atoms with Crippen LogP contribution >= 0.6 is 11.6 Å². The number of para-hydroxylation sites is 1. The van der Waals surface area contributed by atoms with Gasteiger partial charge in [-0.3, -0.25) is 9.36 Å². The van der Waals surface area contributed by atoms with E-state index in [0.717, 1.165) is 4.68 Å². The fourth-order valence-corrected chi connectivity index (χ4v) is 4.27. The molecule has 5 rings (SSSR count). The van der Waals surface area contributed by atoms with E-state index in [4.69, 9.17) is 16.3 Å². The summed E-state index contributed by atoms with van der Waals surface area (Å²) in [5, 5.41) is 21.1. The number of hydrogen-bond acceptors (Lipinski definition) is 8. The highest BCUT2D eigenvalue weighted by atomic mass is 35.5. The van der Waals surface area contributed by atoms with Crippen LogP contribution in [0.1, 0.15) is 22.6 Å². The number of ether oxygens (including phenoxy) is 1. The number of aliphatic hydroxyl groups excluding tert-OH is 1. The Balaban J connectivity index is 1.43. The highest BCUT2D eigenvalue weighted by Crippen LogP contribution is 2.24. The first kappa shape index (κ1) is 28.0. The second-order valence-electron chi connectivity index (χ2n) is 9.04. The van der Waals surface area contributed by atoms with E-state index < -0.39 is 42.4 Å². The van der Waals surface area contributed by atoms with Crippen molar-refractivity contribution >= 4 is 23.5 Å². The van der Waals surface area contributed by atoms with E-state index in [9.17, 15) is 32.7 Å². The first-order valence-electron chi connectivity index (χ1n) is 12.2. The molecular formula is C25H21ClF3N7O5. The van der Waals surface area contributed by atoms with Crippen molar-refractivity contribution in [2.24, 2.45) is 0 Å². The number of benzene rings is 2. The third-order valence-electron chi connectivity index (χ3n) is 6.23. The largest absolute Gasteiger partial charge is 0.464 e. The number of amides is 1. The Bertz CT molecular complexity index is 1650. The maximum Gasteiger partial charge on any atom is 0.416 e. The molecule has 2 N–H and O–H groups in total. The summed E-state index contributed by atoms with van der Waals surface area (Å²) in [6, 6.07) is 11.6. The van der Waals surface area contributed by atoms with Crippen LogP contribution in [0, 0.1) is 0 Å². The molecule has 4 aromatic rings. The summed E-state index contributed by atoms with van der Waals surface area (Å²) in [6.07, 6.45) is -6.13. The third kappa shape index (κ3) is 6.00. The van der Waals surface area contributed by atoms with Crippen molar-refractivity contribution in [1.29, 1.82) is 0 Å². The summed E-state index contributed by atoms with van der Waals surface area (Å²) in [7, 11) is 0. The molecule has 3 heterocycles. The van der Waals surface area contributed by atoms with Crippen molar-refractivity contribution in [3.05, 3.63) is 81.8 Å². The smallest absolute Gasteiger partial charge is 0.416 e. The lowest BCUT2D eigenvalue weighted by molar-refractivity contribution is -0.207. The van der Waals surface area contributed by atoms with Crippen molar-refractivity contribution in [2.75, 3.05) is 6.61 Å². The molecule has 1 unspecified atom stereocenters. The van der Waals surface area contributed by atoms with Gasteiger partial charge in [0, 0.05) is 17.0 Å². The molecule has 0 bridgehead atoms. The highest BCUT2D eigenvalue weighted by molar-refractivity contribution is 6.30. The standard InChI is InChI=1S/C25H21ClF3N7O5/c26-15-7-5-14(6-8-15)21-33-35(24(40)34(21)11-19(37)25(27,28)29)12-20-30-13-36(32-20)18-4-2-1-3-16(18)22(38)31-17-9-10-41-23(17)39/h1-8,13,17,19,37H,9-12H2,(H,31,38)/t17-,19?/m0/s1. The lowest BCUT2D eigenvalue weighted by Crippen LogP contribution is -2.38. The van der Waals surface area contributed by atoms with Gasteiger partial charge in [0.05, 0.1) is 24.4 Å². The van der Waals surface area contributed by atoms with E-state index in [1.165, 1.54) is 41.3 Å². The predicted molar refractivity (Wildman–Crippen MR) is 136 cm³/mol. The van der Waals surface area contributed by atoms with Crippen molar-refractivity contribution in [3.8, 4) is 17.1 Å². The zero-order chi connectivity index (χ0) is 29.3. The van der Waals surface area contributed by atoms with Crippen LogP contribution in [0.4, 0.5) is 13.2 Å². The third-order valence-corrected chi connectivity index (χ3v) is 6.48. The molecule has 214 valence electrons. The summed E-state index contributed by atoms with van der Waals surface area (Å²) >= 11 is 5.91. The number of carbonyl (C=O) groups is 2. The Labute approximate surface area is 233 Å². The minimum Gasteiger partial charge on any atom is -0.464 e. The van der Waals surface area contributed by atoms with E-state index in [2.05, 4.69) is 20.5 Å². The Kier molecular flexibility index (Phi) is 7.64. The normalized spacial score (nSPS) is 16.0. The summed E-state index contributed by atoms with van der Waals surface area (Å²) in [4.78, 5) is 41.9. The number of aromatic nitrogens is 6. The van der Waals surface area contributed by atoms with Crippen LogP contribution in [-0.2, 0) is 22.6 Å². The average molecular weight is 592 g/mol. The summed E-state index contributed by atoms with van der Waals surface area (Å²) in [6.45, 7) is -1.20. The number of nitrogens with one attached hydrogen (secondary N) is 1. The second-order valence-corrected chi connectivity index (χ2v) is 9.48. The van der Waals surface area contributed by atoms with Crippen LogP contribution in [0.2, 0.25) is 5.02 Å². The van der Waals surface area contributed by atoms with Gasteiger partial charge in [0.2, 0.25) is 0 Å². The molecule has 2 aromatic carbocycles. The molecular weight excluding hydrogens is 571 g/mol. The minimum absolute atomic E-state index is 0.0605. The van der Waals surface area contributed by atoms with Crippen LogP contribution in [-0.4, -0.2) is 71.0 Å². The lowest BCUT2D eigenvalue weighted by Gasteiger charge is -2.15. The SMILES string of the molecule is O=C(N[C@H]1CCOC1=O)c1ccccc1-n1cnc(Cn2nc(-c3ccc(Cl)cc3)n(CC(O)C(F)(F)F)c2=O)n1. The molecule has 2 aromatic heterocycles. The topological polar surface area (TPSA) is 146 Å². The number of aliphatic hydroxyl groups is 1. The molecule has 0 spiro atoms. The van der Waals surface area contributed by atoms with Gasteiger partial charge in [0.15, 0.2) is 17.8 Å². The maximum atomic E-state index is 13.1. The van der Waals surface area contributed by atoms with E-state index in [1.807, 2.05) is 0 Å². The molecule has 16 heteroatoms. The molecule has 1 aliphatic heterocycles. The number of hydrogen-bond donors (Lipinski definition) is 2. The molecule has 0 aliphatic carbocycles. The zero-order valence-corrected chi connectivity index (χ0v) is 21.7. The molecule has 1 fully saturated rings. The first-order chi connectivity index (χ1) is 19.5. The van der Waals surface area contributed by atoms with Crippen LogP contribution in [0.15, 0.2) is 59.7 Å². The number of rotatable bonds is 8. The van der Waals surface area contributed by atoms with Crippen LogP contribution in [0.5, 0.6) is 0 Å². The minimum atomic E-state index is -4.96. The molecule has 12 nitrogen and oxygen atoms in total. The summed E-state index contributed by atoms with van der Waals surface area (Å²) in [5.41, 5.74) is -0.124. The van der Waals surface area contributed by atoms with E-state index in [1.54, 1.807) is 18.2 Å². The molecule has 1 aliphatic rings. The fraction of sp³-hybridized carbons (Fsp3) is 0.280. The second kappa shape index (κ2) is 11.2. The molecule has 41 heavy (non-hydrogen) atoms. The number of halogens is 4. The number of alkyl halides is 3. The molecule has 0 saturated carbocycles.